The van der Waals surface area contributed by atoms with Crippen LogP contribution in [0.3, 0.4) is 0 Å². The number of nitrogens with one attached hydrogen (secondary N) is 1. The molecular formula is C7H10BrClN2. The van der Waals surface area contributed by atoms with Crippen LogP contribution < -0.4 is 11.1 Å². The molecule has 0 heterocycles. The van der Waals surface area contributed by atoms with Gasteiger partial charge in [-0.05, 0) is 28.1 Å². The molecule has 0 fully saturated rings. The van der Waals surface area contributed by atoms with E-state index >= 15 is 0 Å². The Labute approximate surface area is 80.7 Å². The van der Waals surface area contributed by atoms with E-state index in [0.29, 0.717) is 0 Å². The summed E-state index contributed by atoms with van der Waals surface area (Å²) in [5.74, 6) is 0. The van der Waals surface area contributed by atoms with Crippen molar-refractivity contribution in [3.05, 3.63) is 22.7 Å². The molecule has 0 aromatic heterocycles. The molecule has 62 valence electrons. The first-order chi connectivity index (χ1) is 4.75. The van der Waals surface area contributed by atoms with Crippen LogP contribution in [0.1, 0.15) is 0 Å². The van der Waals surface area contributed by atoms with Crippen LogP contribution in [0.25, 0.3) is 0 Å². The first-order valence-corrected chi connectivity index (χ1v) is 3.76. The number of rotatable bonds is 1. The van der Waals surface area contributed by atoms with E-state index in [-0.39, 0.29) is 12.4 Å². The van der Waals surface area contributed by atoms with Crippen molar-refractivity contribution in [2.75, 3.05) is 18.1 Å². The average Bonchev–Trinajstić information content (AvgIpc) is 1.88. The maximum atomic E-state index is 5.64. The lowest BCUT2D eigenvalue weighted by Crippen LogP contribution is -1.95. The van der Waals surface area contributed by atoms with Gasteiger partial charge in [-0.2, -0.15) is 0 Å². The Kier molecular flexibility index (Phi) is 4.30. The first kappa shape index (κ1) is 10.6. The minimum atomic E-state index is 0. The quantitative estimate of drug-likeness (QED) is 0.737. The maximum absolute atomic E-state index is 5.64. The number of nitrogen functional groups attached to an aromatic ring is 1. The minimum absolute atomic E-state index is 0. The minimum Gasteiger partial charge on any atom is -0.397 e. The Morgan fingerprint density at radius 3 is 2.45 bits per heavy atom. The van der Waals surface area contributed by atoms with Crippen molar-refractivity contribution in [1.82, 2.24) is 0 Å². The highest BCUT2D eigenvalue weighted by Crippen LogP contribution is 2.27. The maximum Gasteiger partial charge on any atom is 0.0715 e. The van der Waals surface area contributed by atoms with Crippen molar-refractivity contribution in [3.8, 4) is 0 Å². The van der Waals surface area contributed by atoms with Crippen LogP contribution in [0.2, 0.25) is 0 Å². The molecule has 11 heavy (non-hydrogen) atoms. The lowest BCUT2D eigenvalue weighted by atomic mass is 10.3. The summed E-state index contributed by atoms with van der Waals surface area (Å²) in [4.78, 5) is 0. The highest BCUT2D eigenvalue weighted by atomic mass is 79.9. The molecule has 0 atom stereocenters. The lowest BCUT2D eigenvalue weighted by Gasteiger charge is -2.05. The van der Waals surface area contributed by atoms with E-state index in [2.05, 4.69) is 21.2 Å². The van der Waals surface area contributed by atoms with E-state index in [1.54, 1.807) is 0 Å². The normalized spacial score (nSPS) is 8.55. The van der Waals surface area contributed by atoms with Gasteiger partial charge in [0, 0.05) is 11.5 Å². The van der Waals surface area contributed by atoms with E-state index in [9.17, 15) is 0 Å². The fourth-order valence-corrected chi connectivity index (χ4v) is 1.38. The molecule has 2 nitrogen and oxygen atoms in total. The molecule has 0 spiro atoms. The summed E-state index contributed by atoms with van der Waals surface area (Å²) in [6, 6.07) is 5.71. The van der Waals surface area contributed by atoms with Crippen molar-refractivity contribution in [3.63, 3.8) is 0 Å². The molecular weight excluding hydrogens is 227 g/mol. The average molecular weight is 238 g/mol. The summed E-state index contributed by atoms with van der Waals surface area (Å²) in [5.41, 5.74) is 7.35. The molecule has 1 rings (SSSR count). The smallest absolute Gasteiger partial charge is 0.0715 e. The molecule has 0 saturated heterocycles. The zero-order valence-corrected chi connectivity index (χ0v) is 8.50. The van der Waals surface area contributed by atoms with Gasteiger partial charge in [-0.1, -0.05) is 6.07 Å². The lowest BCUT2D eigenvalue weighted by molar-refractivity contribution is 1.49. The molecule has 0 saturated carbocycles. The molecule has 3 N–H and O–H groups in total. The predicted molar refractivity (Wildman–Crippen MR) is 55.3 cm³/mol. The molecule has 0 unspecified atom stereocenters. The Hall–Kier alpha value is -0.410. The number of anilines is 2. The molecule has 0 bridgehead atoms. The van der Waals surface area contributed by atoms with Crippen molar-refractivity contribution in [2.45, 2.75) is 0 Å². The van der Waals surface area contributed by atoms with Crippen LogP contribution in [0.4, 0.5) is 11.4 Å². The highest BCUT2D eigenvalue weighted by Gasteiger charge is 1.98. The monoisotopic (exact) mass is 236 g/mol. The second-order valence-corrected chi connectivity index (χ2v) is 2.81. The van der Waals surface area contributed by atoms with Gasteiger partial charge in [0.25, 0.3) is 0 Å². The molecule has 1 aromatic rings. The van der Waals surface area contributed by atoms with Gasteiger partial charge in [0.05, 0.1) is 11.4 Å². The zero-order chi connectivity index (χ0) is 7.56. The van der Waals surface area contributed by atoms with E-state index in [4.69, 9.17) is 5.73 Å². The topological polar surface area (TPSA) is 38.0 Å². The van der Waals surface area contributed by atoms with Crippen LogP contribution in [0, 0.1) is 0 Å². The Morgan fingerprint density at radius 1 is 1.45 bits per heavy atom. The number of nitrogens with two attached hydrogens (primary N) is 1. The molecule has 0 amide bonds. The van der Waals surface area contributed by atoms with Gasteiger partial charge in [-0.3, -0.25) is 0 Å². The molecule has 0 aliphatic heterocycles. The summed E-state index contributed by atoms with van der Waals surface area (Å²) in [5, 5.41) is 2.99. The third-order valence-electron chi connectivity index (χ3n) is 1.30. The van der Waals surface area contributed by atoms with Gasteiger partial charge >= 0.3 is 0 Å². The molecule has 0 aliphatic carbocycles. The van der Waals surface area contributed by atoms with Gasteiger partial charge in [0.15, 0.2) is 0 Å². The summed E-state index contributed by atoms with van der Waals surface area (Å²) >= 11 is 3.36. The van der Waals surface area contributed by atoms with Gasteiger partial charge in [0.2, 0.25) is 0 Å². The summed E-state index contributed by atoms with van der Waals surface area (Å²) in [7, 11) is 1.84. The first-order valence-electron chi connectivity index (χ1n) is 2.97. The Bertz CT molecular complexity index is 220. The molecule has 0 radical (unpaired) electrons. The Balaban J connectivity index is 0.000001000. The van der Waals surface area contributed by atoms with Gasteiger partial charge in [0.1, 0.15) is 0 Å². The molecule has 4 heteroatoms. The molecule has 0 aliphatic rings. The highest BCUT2D eigenvalue weighted by molar-refractivity contribution is 9.10. The SMILES string of the molecule is CNc1c(N)cccc1Br.Cl. The third kappa shape index (κ3) is 2.27. The van der Waals surface area contributed by atoms with Gasteiger partial charge < -0.3 is 11.1 Å². The third-order valence-corrected chi connectivity index (χ3v) is 1.96. The van der Waals surface area contributed by atoms with Gasteiger partial charge in [-0.15, -0.1) is 12.4 Å². The number of hydrogen-bond acceptors (Lipinski definition) is 2. The van der Waals surface area contributed by atoms with Crippen molar-refractivity contribution in [2.24, 2.45) is 0 Å². The summed E-state index contributed by atoms with van der Waals surface area (Å²) in [6.45, 7) is 0. The van der Waals surface area contributed by atoms with E-state index in [1.807, 2.05) is 25.2 Å². The number of para-hydroxylation sites is 1. The Morgan fingerprint density at radius 2 is 2.09 bits per heavy atom. The van der Waals surface area contributed by atoms with E-state index < -0.39 is 0 Å². The number of hydrogen-bond donors (Lipinski definition) is 2. The summed E-state index contributed by atoms with van der Waals surface area (Å²) in [6.07, 6.45) is 0. The second-order valence-electron chi connectivity index (χ2n) is 1.95. The van der Waals surface area contributed by atoms with Gasteiger partial charge in [-0.25, -0.2) is 0 Å². The zero-order valence-electron chi connectivity index (χ0n) is 6.10. The van der Waals surface area contributed by atoms with Crippen molar-refractivity contribution < 1.29 is 0 Å². The second kappa shape index (κ2) is 4.46. The fraction of sp³-hybridized carbons (Fsp3) is 0.143. The number of benzene rings is 1. The predicted octanol–water partition coefficient (Wildman–Crippen LogP) is 2.49. The van der Waals surface area contributed by atoms with Crippen LogP contribution in [-0.2, 0) is 0 Å². The van der Waals surface area contributed by atoms with Crippen LogP contribution in [-0.4, -0.2) is 7.05 Å². The van der Waals surface area contributed by atoms with Crippen molar-refractivity contribution >= 4 is 39.7 Å². The van der Waals surface area contributed by atoms with Crippen LogP contribution >= 0.6 is 28.3 Å². The summed E-state index contributed by atoms with van der Waals surface area (Å²) < 4.78 is 0.995. The van der Waals surface area contributed by atoms with E-state index in [0.717, 1.165) is 15.8 Å². The standard InChI is InChI=1S/C7H9BrN2.ClH/c1-10-7-5(8)3-2-4-6(7)9;/h2-4,10H,9H2,1H3;1H. The van der Waals surface area contributed by atoms with E-state index in [1.165, 1.54) is 0 Å². The molecule has 1 aromatic carbocycles. The largest absolute Gasteiger partial charge is 0.397 e. The van der Waals surface area contributed by atoms with Crippen molar-refractivity contribution in [1.29, 1.82) is 0 Å². The van der Waals surface area contributed by atoms with Crippen LogP contribution in [0.15, 0.2) is 22.7 Å². The number of halogens is 2. The fourth-order valence-electron chi connectivity index (χ4n) is 0.805. The van der Waals surface area contributed by atoms with Crippen LogP contribution in [0.5, 0.6) is 0 Å².